The second-order valence-corrected chi connectivity index (χ2v) is 15.1. The molecule has 46 heavy (non-hydrogen) atoms. The van der Waals surface area contributed by atoms with E-state index in [0.29, 0.717) is 50.2 Å². The topological polar surface area (TPSA) is 121 Å². The largest absolute Gasteiger partial charge is 0.372 e. The van der Waals surface area contributed by atoms with E-state index in [4.69, 9.17) is 9.72 Å². The van der Waals surface area contributed by atoms with Crippen LogP contribution in [-0.2, 0) is 19.4 Å². The third-order valence-electron chi connectivity index (χ3n) is 8.93. The van der Waals surface area contributed by atoms with Gasteiger partial charge in [0.25, 0.3) is 0 Å². The lowest BCUT2D eigenvalue weighted by Gasteiger charge is -2.41. The smallest absolute Gasteiger partial charge is 0.246 e. The van der Waals surface area contributed by atoms with Crippen LogP contribution in [0.1, 0.15) is 44.7 Å². The van der Waals surface area contributed by atoms with Crippen molar-refractivity contribution in [2.75, 3.05) is 59.8 Å². The van der Waals surface area contributed by atoms with Crippen molar-refractivity contribution < 1.29 is 22.3 Å². The van der Waals surface area contributed by atoms with Crippen LogP contribution in [0.15, 0.2) is 49.3 Å². The molecule has 6 rings (SSSR count). The number of ether oxygens (including phenoxy) is 1. The number of nitrogens with zero attached hydrogens (tertiary/aromatic N) is 6. The third kappa shape index (κ3) is 6.95. The molecule has 3 saturated heterocycles. The molecule has 1 amide bonds. The maximum atomic E-state index is 14.9. The van der Waals surface area contributed by atoms with E-state index in [1.807, 2.05) is 35.9 Å². The predicted molar refractivity (Wildman–Crippen MR) is 178 cm³/mol. The lowest BCUT2D eigenvalue weighted by Crippen LogP contribution is -2.49. The Morgan fingerprint density at radius 1 is 1.11 bits per heavy atom. The molecule has 3 aliphatic heterocycles. The summed E-state index contributed by atoms with van der Waals surface area (Å²) in [4.78, 5) is 32.5. The molecule has 3 fully saturated rings. The number of carbonyl (C=O) groups excluding carboxylic acids is 1. The Bertz CT molecular complexity index is 1720. The van der Waals surface area contributed by atoms with Gasteiger partial charge in [-0.1, -0.05) is 12.6 Å². The molecular formula is C33H42FN7O4S. The number of sulfone groups is 1. The van der Waals surface area contributed by atoms with Crippen molar-refractivity contribution in [2.45, 2.75) is 57.5 Å². The number of benzene rings is 1. The summed E-state index contributed by atoms with van der Waals surface area (Å²) in [6, 6.07) is 7.76. The first-order chi connectivity index (χ1) is 22.0. The van der Waals surface area contributed by atoms with Crippen molar-refractivity contribution in [1.82, 2.24) is 19.9 Å². The summed E-state index contributed by atoms with van der Waals surface area (Å²) in [7, 11) is -3.05. The van der Waals surface area contributed by atoms with Gasteiger partial charge in [0.05, 0.1) is 30.5 Å². The Morgan fingerprint density at radius 2 is 1.91 bits per heavy atom. The molecule has 0 spiro atoms. The van der Waals surface area contributed by atoms with Crippen molar-refractivity contribution >= 4 is 49.8 Å². The lowest BCUT2D eigenvalue weighted by molar-refractivity contribution is -0.126. The molecule has 13 heteroatoms. The molecule has 3 aliphatic rings. The predicted octanol–water partition coefficient (Wildman–Crippen LogP) is 4.44. The zero-order valence-corrected chi connectivity index (χ0v) is 27.4. The molecule has 0 unspecified atom stereocenters. The number of nitrogens with one attached hydrogen (secondary N) is 1. The number of fused-ring (bicyclic) bond motifs is 1. The minimum absolute atomic E-state index is 0.0356. The fourth-order valence-corrected chi connectivity index (χ4v) is 7.99. The number of anilines is 4. The van der Waals surface area contributed by atoms with E-state index in [0.717, 1.165) is 34.9 Å². The van der Waals surface area contributed by atoms with E-state index in [-0.39, 0.29) is 36.3 Å². The molecule has 3 atom stereocenters. The van der Waals surface area contributed by atoms with Gasteiger partial charge < -0.3 is 24.8 Å². The van der Waals surface area contributed by atoms with Crippen molar-refractivity contribution in [2.24, 2.45) is 5.92 Å². The minimum Gasteiger partial charge on any atom is -0.372 e. The van der Waals surface area contributed by atoms with Gasteiger partial charge >= 0.3 is 0 Å². The SMILES string of the molecule is C=CC(=O)N1CCC[C@H]1c1ccc(N2CC(CS(C)(=O)=O)C2)c2cnc(Nc3ccnc(N4CC[C@@H](OC(C)C)[C@@H](F)C4)n3)cc12. The normalized spacial score (nSPS) is 22.4. The summed E-state index contributed by atoms with van der Waals surface area (Å²) < 4.78 is 44.3. The zero-order chi connectivity index (χ0) is 32.6. The van der Waals surface area contributed by atoms with E-state index in [9.17, 15) is 17.6 Å². The highest BCUT2D eigenvalue weighted by Crippen LogP contribution is 2.41. The quantitative estimate of drug-likeness (QED) is 0.315. The molecule has 1 aromatic carbocycles. The van der Waals surface area contributed by atoms with Crippen LogP contribution in [-0.4, -0.2) is 97.3 Å². The van der Waals surface area contributed by atoms with Crippen molar-refractivity contribution in [3.05, 3.63) is 54.9 Å². The third-order valence-corrected chi connectivity index (χ3v) is 10.0. The van der Waals surface area contributed by atoms with E-state index in [1.54, 1.807) is 12.3 Å². The molecule has 0 saturated carbocycles. The summed E-state index contributed by atoms with van der Waals surface area (Å²) in [6.07, 6.45) is 6.79. The number of aromatic nitrogens is 3. The van der Waals surface area contributed by atoms with Crippen molar-refractivity contribution in [3.8, 4) is 0 Å². The highest BCUT2D eigenvalue weighted by molar-refractivity contribution is 7.90. The van der Waals surface area contributed by atoms with Crippen LogP contribution in [0.2, 0.25) is 0 Å². The Balaban J connectivity index is 1.28. The van der Waals surface area contributed by atoms with Gasteiger partial charge in [-0.2, -0.15) is 4.98 Å². The number of likely N-dealkylation sites (tertiary alicyclic amines) is 1. The number of amides is 1. The fourth-order valence-electron chi connectivity index (χ4n) is 6.92. The molecule has 0 bridgehead atoms. The molecule has 11 nitrogen and oxygen atoms in total. The average molecular weight is 652 g/mol. The summed E-state index contributed by atoms with van der Waals surface area (Å²) in [5.74, 6) is 1.70. The summed E-state index contributed by atoms with van der Waals surface area (Å²) >= 11 is 0. The van der Waals surface area contributed by atoms with E-state index in [2.05, 4.69) is 38.9 Å². The van der Waals surface area contributed by atoms with Crippen LogP contribution >= 0.6 is 0 Å². The van der Waals surface area contributed by atoms with E-state index in [1.165, 1.54) is 12.3 Å². The van der Waals surface area contributed by atoms with Crippen molar-refractivity contribution in [1.29, 1.82) is 0 Å². The van der Waals surface area contributed by atoms with Crippen LogP contribution in [0.4, 0.5) is 27.7 Å². The van der Waals surface area contributed by atoms with Gasteiger partial charge in [0, 0.05) is 61.8 Å². The van der Waals surface area contributed by atoms with Gasteiger partial charge in [-0.3, -0.25) is 4.79 Å². The monoisotopic (exact) mass is 651 g/mol. The number of hydrogen-bond acceptors (Lipinski definition) is 10. The summed E-state index contributed by atoms with van der Waals surface area (Å²) in [5, 5.41) is 5.20. The standard InChI is InChI=1S/C33H42FN7O4S/c1-5-32(42)41-13-6-7-28(41)23-8-9-27(40-17-22(18-40)20-46(4,43)44)25-16-36-31(15-24(23)25)37-30-10-12-35-33(38-30)39-14-11-29(26(34)19-39)45-21(2)3/h5,8-10,12,15-16,21-22,26,28-29H,1,6-7,11,13-14,17-20H2,2-4H3,(H,35,36,37,38)/t26-,28-,29+/m0/s1. The Kier molecular flexibility index (Phi) is 9.15. The Morgan fingerprint density at radius 3 is 2.63 bits per heavy atom. The maximum absolute atomic E-state index is 14.9. The number of carbonyl (C=O) groups is 1. The number of rotatable bonds is 10. The molecule has 1 N–H and O–H groups in total. The first-order valence-corrected chi connectivity index (χ1v) is 18.0. The molecule has 5 heterocycles. The molecule has 246 valence electrons. The van der Waals surface area contributed by atoms with Crippen LogP contribution < -0.4 is 15.1 Å². The van der Waals surface area contributed by atoms with Crippen LogP contribution in [0.25, 0.3) is 10.8 Å². The molecule has 3 aromatic rings. The lowest BCUT2D eigenvalue weighted by atomic mass is 9.94. The van der Waals surface area contributed by atoms with Gasteiger partial charge in [-0.05, 0) is 68.3 Å². The minimum atomic E-state index is -3.05. The van der Waals surface area contributed by atoms with E-state index < -0.39 is 22.1 Å². The highest BCUT2D eigenvalue weighted by Gasteiger charge is 2.34. The van der Waals surface area contributed by atoms with Gasteiger partial charge in [0.15, 0.2) is 0 Å². The van der Waals surface area contributed by atoms with Crippen molar-refractivity contribution in [3.63, 3.8) is 0 Å². The number of alkyl halides is 1. The second-order valence-electron chi connectivity index (χ2n) is 12.9. The number of pyridine rings is 1. The number of piperidine rings is 1. The fraction of sp³-hybridized carbons (Fsp3) is 0.515. The Labute approximate surface area is 269 Å². The van der Waals surface area contributed by atoms with Gasteiger partial charge in [0.2, 0.25) is 11.9 Å². The average Bonchev–Trinajstić information content (AvgIpc) is 3.48. The molecule has 0 aliphatic carbocycles. The molecule has 2 aromatic heterocycles. The van der Waals surface area contributed by atoms with Crippen LogP contribution in [0, 0.1) is 5.92 Å². The second kappa shape index (κ2) is 13.1. The number of halogens is 1. The van der Waals surface area contributed by atoms with Crippen LogP contribution in [0.3, 0.4) is 0 Å². The summed E-state index contributed by atoms with van der Waals surface area (Å²) in [6.45, 7) is 10.2. The van der Waals surface area contributed by atoms with Gasteiger partial charge in [0.1, 0.15) is 27.6 Å². The number of hydrogen-bond donors (Lipinski definition) is 1. The van der Waals surface area contributed by atoms with Crippen LogP contribution in [0.5, 0.6) is 0 Å². The summed E-state index contributed by atoms with van der Waals surface area (Å²) in [5.41, 5.74) is 2.01. The zero-order valence-electron chi connectivity index (χ0n) is 26.6. The maximum Gasteiger partial charge on any atom is 0.246 e. The first kappa shape index (κ1) is 32.1. The first-order valence-electron chi connectivity index (χ1n) is 15.9. The molecule has 0 radical (unpaired) electrons. The molecular weight excluding hydrogens is 609 g/mol. The highest BCUT2D eigenvalue weighted by atomic mass is 32.2. The van der Waals surface area contributed by atoms with Gasteiger partial charge in [-0.15, -0.1) is 0 Å². The van der Waals surface area contributed by atoms with Gasteiger partial charge in [-0.25, -0.2) is 22.8 Å². The Hall–Kier alpha value is -3.84. The van der Waals surface area contributed by atoms with E-state index >= 15 is 0 Å².